The molecule has 2 heterocycles. The molecule has 0 aliphatic carbocycles. The first-order chi connectivity index (χ1) is 17.0. The number of methoxy groups -OCH3 is 1. The van der Waals surface area contributed by atoms with E-state index in [2.05, 4.69) is 5.32 Å². The molecule has 0 bridgehead atoms. The third-order valence-electron chi connectivity index (χ3n) is 5.98. The number of carbonyl (C=O) groups excluding carboxylic acids is 3. The summed E-state index contributed by atoms with van der Waals surface area (Å²) in [6, 6.07) is 14.0. The number of ketones is 1. The Morgan fingerprint density at radius 3 is 2.44 bits per heavy atom. The SMILES string of the molecule is COc1ccc(/C(O)=C2/C(=O)C(=O)N(c3cccc(NC(C)=O)c3)C2c2ccco2)cc1C(C)(C)C. The number of anilines is 2. The number of hydrogen-bond acceptors (Lipinski definition) is 6. The maximum absolute atomic E-state index is 13.3. The summed E-state index contributed by atoms with van der Waals surface area (Å²) in [4.78, 5) is 39.4. The van der Waals surface area contributed by atoms with E-state index in [9.17, 15) is 19.5 Å². The van der Waals surface area contributed by atoms with Gasteiger partial charge in [-0.05, 0) is 53.9 Å². The first-order valence-electron chi connectivity index (χ1n) is 11.4. The summed E-state index contributed by atoms with van der Waals surface area (Å²) in [5.41, 5.74) is 1.64. The van der Waals surface area contributed by atoms with Gasteiger partial charge < -0.3 is 19.6 Å². The zero-order valence-electron chi connectivity index (χ0n) is 20.8. The standard InChI is InChI=1S/C28H28N2O6/c1-16(31)29-18-8-6-9-19(15-18)30-24(22-10-7-13-36-22)23(26(33)27(30)34)25(32)17-11-12-21(35-5)20(14-17)28(2,3)4/h6-15,24,32H,1-5H3,(H,29,31)/b25-23-. The molecule has 1 aromatic heterocycles. The van der Waals surface area contributed by atoms with Crippen LogP contribution >= 0.6 is 0 Å². The van der Waals surface area contributed by atoms with Gasteiger partial charge in [0.15, 0.2) is 0 Å². The van der Waals surface area contributed by atoms with E-state index >= 15 is 0 Å². The summed E-state index contributed by atoms with van der Waals surface area (Å²) >= 11 is 0. The topological polar surface area (TPSA) is 109 Å². The van der Waals surface area contributed by atoms with Gasteiger partial charge in [0.25, 0.3) is 11.7 Å². The Balaban J connectivity index is 1.90. The van der Waals surface area contributed by atoms with Crippen LogP contribution in [0.5, 0.6) is 5.75 Å². The van der Waals surface area contributed by atoms with Crippen LogP contribution in [-0.2, 0) is 19.8 Å². The summed E-state index contributed by atoms with van der Waals surface area (Å²) in [7, 11) is 1.57. The van der Waals surface area contributed by atoms with Crippen molar-refractivity contribution in [1.82, 2.24) is 0 Å². The van der Waals surface area contributed by atoms with E-state index < -0.39 is 17.7 Å². The van der Waals surface area contributed by atoms with Gasteiger partial charge in [0, 0.05) is 29.4 Å². The molecule has 1 aliphatic rings. The number of aliphatic hydroxyl groups is 1. The minimum atomic E-state index is -1.01. The minimum Gasteiger partial charge on any atom is -0.507 e. The van der Waals surface area contributed by atoms with Crippen LogP contribution in [0.15, 0.2) is 70.9 Å². The van der Waals surface area contributed by atoms with Crippen LogP contribution in [0.2, 0.25) is 0 Å². The van der Waals surface area contributed by atoms with Crippen molar-refractivity contribution in [2.24, 2.45) is 0 Å². The van der Waals surface area contributed by atoms with E-state index in [1.54, 1.807) is 61.7 Å². The molecule has 1 unspecified atom stereocenters. The van der Waals surface area contributed by atoms with Crippen molar-refractivity contribution in [2.45, 2.75) is 39.2 Å². The molecular weight excluding hydrogens is 460 g/mol. The van der Waals surface area contributed by atoms with Crippen LogP contribution < -0.4 is 15.0 Å². The molecule has 3 aromatic rings. The van der Waals surface area contributed by atoms with E-state index in [1.165, 1.54) is 18.1 Å². The molecule has 8 heteroatoms. The van der Waals surface area contributed by atoms with Gasteiger partial charge in [0.05, 0.1) is 18.9 Å². The van der Waals surface area contributed by atoms with E-state index in [0.717, 1.165) is 5.56 Å². The molecule has 1 atom stereocenters. The minimum absolute atomic E-state index is 0.0927. The van der Waals surface area contributed by atoms with Crippen molar-refractivity contribution >= 4 is 34.7 Å². The highest BCUT2D eigenvalue weighted by molar-refractivity contribution is 6.51. The van der Waals surface area contributed by atoms with Gasteiger partial charge in [-0.2, -0.15) is 0 Å². The van der Waals surface area contributed by atoms with E-state index in [0.29, 0.717) is 28.4 Å². The van der Waals surface area contributed by atoms with Crippen LogP contribution in [0, 0.1) is 0 Å². The zero-order chi connectivity index (χ0) is 26.2. The number of ether oxygens (including phenoxy) is 1. The maximum Gasteiger partial charge on any atom is 0.300 e. The lowest BCUT2D eigenvalue weighted by Crippen LogP contribution is -2.29. The van der Waals surface area contributed by atoms with Gasteiger partial charge in [-0.3, -0.25) is 19.3 Å². The Bertz CT molecular complexity index is 1360. The number of nitrogens with one attached hydrogen (secondary N) is 1. The van der Waals surface area contributed by atoms with Gasteiger partial charge >= 0.3 is 0 Å². The highest BCUT2D eigenvalue weighted by Crippen LogP contribution is 2.43. The molecule has 4 rings (SSSR count). The average Bonchev–Trinajstić information content (AvgIpc) is 3.44. The summed E-state index contributed by atoms with van der Waals surface area (Å²) < 4.78 is 11.1. The number of Topliss-reactive ketones (excluding diaryl/α,β-unsaturated/α-hetero) is 1. The third kappa shape index (κ3) is 4.49. The highest BCUT2D eigenvalue weighted by atomic mass is 16.5. The first kappa shape index (κ1) is 24.8. The lowest BCUT2D eigenvalue weighted by molar-refractivity contribution is -0.132. The second-order valence-electron chi connectivity index (χ2n) is 9.58. The Kier molecular flexibility index (Phi) is 6.45. The second kappa shape index (κ2) is 9.37. The van der Waals surface area contributed by atoms with Gasteiger partial charge in [-0.15, -0.1) is 0 Å². The lowest BCUT2D eigenvalue weighted by atomic mass is 9.84. The van der Waals surface area contributed by atoms with Crippen molar-refractivity contribution in [3.05, 3.63) is 83.3 Å². The molecule has 0 radical (unpaired) electrons. The molecule has 36 heavy (non-hydrogen) atoms. The lowest BCUT2D eigenvalue weighted by Gasteiger charge is -2.25. The molecule has 186 valence electrons. The van der Waals surface area contributed by atoms with Crippen LogP contribution in [0.1, 0.15) is 50.6 Å². The molecule has 2 N–H and O–H groups in total. The molecule has 1 aliphatic heterocycles. The number of aliphatic hydroxyl groups excluding tert-OH is 1. The van der Waals surface area contributed by atoms with E-state index in [1.807, 2.05) is 20.8 Å². The van der Waals surface area contributed by atoms with Crippen molar-refractivity contribution < 1.29 is 28.6 Å². The zero-order valence-corrected chi connectivity index (χ0v) is 20.8. The van der Waals surface area contributed by atoms with Crippen molar-refractivity contribution in [1.29, 1.82) is 0 Å². The summed E-state index contributed by atoms with van der Waals surface area (Å²) in [5.74, 6) is -1.29. The number of amides is 2. The third-order valence-corrected chi connectivity index (χ3v) is 5.98. The first-order valence-corrected chi connectivity index (χ1v) is 11.4. The van der Waals surface area contributed by atoms with Gasteiger partial charge in [-0.1, -0.05) is 26.8 Å². The number of hydrogen-bond donors (Lipinski definition) is 2. The fraction of sp³-hybridized carbons (Fsp3) is 0.250. The molecule has 1 saturated heterocycles. The second-order valence-corrected chi connectivity index (χ2v) is 9.58. The van der Waals surface area contributed by atoms with Crippen molar-refractivity contribution in [3.63, 3.8) is 0 Å². The number of benzene rings is 2. The molecule has 2 amide bonds. The number of carbonyl (C=O) groups is 3. The summed E-state index contributed by atoms with van der Waals surface area (Å²) in [6.45, 7) is 7.41. The fourth-order valence-corrected chi connectivity index (χ4v) is 4.35. The number of nitrogens with zero attached hydrogens (tertiary/aromatic N) is 1. The Morgan fingerprint density at radius 2 is 1.83 bits per heavy atom. The predicted octanol–water partition coefficient (Wildman–Crippen LogP) is 5.17. The van der Waals surface area contributed by atoms with Crippen molar-refractivity contribution in [3.8, 4) is 5.75 Å². The fourth-order valence-electron chi connectivity index (χ4n) is 4.35. The van der Waals surface area contributed by atoms with Crippen LogP contribution in [0.3, 0.4) is 0 Å². The Labute approximate surface area is 209 Å². The van der Waals surface area contributed by atoms with Crippen LogP contribution in [0.25, 0.3) is 5.76 Å². The van der Waals surface area contributed by atoms with Gasteiger partial charge in [0.1, 0.15) is 23.3 Å². The summed E-state index contributed by atoms with van der Waals surface area (Å²) in [5, 5.41) is 14.1. The van der Waals surface area contributed by atoms with Crippen LogP contribution in [-0.4, -0.2) is 29.8 Å². The highest BCUT2D eigenvalue weighted by Gasteiger charge is 2.48. The quantitative estimate of drug-likeness (QED) is 0.291. The van der Waals surface area contributed by atoms with Gasteiger partial charge in [-0.25, -0.2) is 0 Å². The molecular formula is C28H28N2O6. The largest absolute Gasteiger partial charge is 0.507 e. The molecule has 0 spiro atoms. The molecule has 0 saturated carbocycles. The predicted molar refractivity (Wildman–Crippen MR) is 136 cm³/mol. The Morgan fingerprint density at radius 1 is 1.08 bits per heavy atom. The van der Waals surface area contributed by atoms with E-state index in [-0.39, 0.29) is 22.7 Å². The normalized spacial score (nSPS) is 17.4. The van der Waals surface area contributed by atoms with Crippen LogP contribution in [0.4, 0.5) is 11.4 Å². The average molecular weight is 489 g/mol. The number of rotatable bonds is 5. The Hall–Kier alpha value is -4.33. The maximum atomic E-state index is 13.3. The van der Waals surface area contributed by atoms with Crippen molar-refractivity contribution in [2.75, 3.05) is 17.3 Å². The molecule has 2 aromatic carbocycles. The summed E-state index contributed by atoms with van der Waals surface area (Å²) in [6.07, 6.45) is 1.44. The molecule has 8 nitrogen and oxygen atoms in total. The smallest absolute Gasteiger partial charge is 0.300 e. The number of furan rings is 1. The van der Waals surface area contributed by atoms with E-state index in [4.69, 9.17) is 9.15 Å². The monoisotopic (exact) mass is 488 g/mol. The van der Waals surface area contributed by atoms with Gasteiger partial charge in [0.2, 0.25) is 5.91 Å². The molecule has 1 fully saturated rings.